The fourth-order valence-corrected chi connectivity index (χ4v) is 2.96. The van der Waals surface area contributed by atoms with Gasteiger partial charge in [0, 0.05) is 23.8 Å². The van der Waals surface area contributed by atoms with Crippen molar-refractivity contribution >= 4 is 52.0 Å². The molecule has 1 heterocycles. The molecule has 0 bridgehead atoms. The lowest BCUT2D eigenvalue weighted by molar-refractivity contribution is -0.133. The molecule has 0 aliphatic carbocycles. The average molecular weight is 388 g/mol. The second kappa shape index (κ2) is 7.83. The molecule has 0 fully saturated rings. The molecular weight excluding hydrogens is 373 g/mol. The molecule has 2 aromatic rings. The number of nitrogens with zero attached hydrogens (tertiary/aromatic N) is 2. The molecule has 0 radical (unpaired) electrons. The lowest BCUT2D eigenvalue weighted by atomic mass is 10.3. The van der Waals surface area contributed by atoms with E-state index >= 15 is 0 Å². The summed E-state index contributed by atoms with van der Waals surface area (Å²) in [7, 11) is 1.50. The highest BCUT2D eigenvalue weighted by Crippen LogP contribution is 2.24. The van der Waals surface area contributed by atoms with Gasteiger partial charge in [0.2, 0.25) is 11.8 Å². The molecule has 1 aromatic carbocycles. The Bertz CT molecular complexity index is 832. The molecule has 0 atom stereocenters. The third-order valence-corrected chi connectivity index (χ3v) is 4.90. The van der Waals surface area contributed by atoms with Crippen LogP contribution in [-0.4, -0.2) is 34.9 Å². The Hall–Kier alpha value is -1.83. The average Bonchev–Trinajstić information content (AvgIpc) is 2.82. The van der Waals surface area contributed by atoms with Crippen LogP contribution in [0.2, 0.25) is 10.0 Å². The number of hydrogen-bond donors (Lipinski definition) is 1. The summed E-state index contributed by atoms with van der Waals surface area (Å²) in [6.07, 6.45) is 0. The smallest absolute Gasteiger partial charge is 0.307 e. The quantitative estimate of drug-likeness (QED) is 0.856. The van der Waals surface area contributed by atoms with Crippen LogP contribution in [0.5, 0.6) is 0 Å². The maximum absolute atomic E-state index is 12.2. The summed E-state index contributed by atoms with van der Waals surface area (Å²) in [5.74, 6) is -0.707. The summed E-state index contributed by atoms with van der Waals surface area (Å²) < 4.78 is 1.38. The van der Waals surface area contributed by atoms with E-state index in [0.29, 0.717) is 21.4 Å². The van der Waals surface area contributed by atoms with Gasteiger partial charge in [-0.2, -0.15) is 0 Å². The molecule has 0 unspecified atom stereocenters. The van der Waals surface area contributed by atoms with Crippen LogP contribution in [0.1, 0.15) is 5.69 Å². The number of carbonyl (C=O) groups excluding carboxylic acids is 2. The largest absolute Gasteiger partial charge is 0.335 e. The topological polar surface area (TPSA) is 71.4 Å². The first kappa shape index (κ1) is 18.5. The Kier molecular flexibility index (Phi) is 6.04. The lowest BCUT2D eigenvalue weighted by Crippen LogP contribution is -2.38. The van der Waals surface area contributed by atoms with Crippen LogP contribution in [0.4, 0.5) is 5.69 Å². The number of halogens is 2. The van der Waals surface area contributed by atoms with Crippen LogP contribution in [-0.2, 0) is 16.1 Å². The Morgan fingerprint density at radius 2 is 2.00 bits per heavy atom. The number of amides is 2. The number of anilines is 1. The second-order valence-corrected chi connectivity index (χ2v) is 6.79. The van der Waals surface area contributed by atoms with E-state index < -0.39 is 0 Å². The van der Waals surface area contributed by atoms with Gasteiger partial charge in [0.15, 0.2) is 0 Å². The van der Waals surface area contributed by atoms with Crippen LogP contribution in [0.3, 0.4) is 0 Å². The van der Waals surface area contributed by atoms with Crippen LogP contribution in [0.15, 0.2) is 28.4 Å². The molecule has 9 heteroatoms. The molecule has 6 nitrogen and oxygen atoms in total. The monoisotopic (exact) mass is 387 g/mol. The summed E-state index contributed by atoms with van der Waals surface area (Å²) in [6, 6.07) is 4.71. The summed E-state index contributed by atoms with van der Waals surface area (Å²) in [6.45, 7) is 1.52. The second-order valence-electron chi connectivity index (χ2n) is 5.16. The summed E-state index contributed by atoms with van der Waals surface area (Å²) >= 11 is 12.7. The number of likely N-dealkylation sites (N-methyl/N-ethyl adjacent to an activating group) is 1. The Balaban J connectivity index is 1.94. The molecule has 0 spiro atoms. The number of rotatable bonds is 5. The predicted molar refractivity (Wildman–Crippen MR) is 96.0 cm³/mol. The van der Waals surface area contributed by atoms with Crippen molar-refractivity contribution in [2.45, 2.75) is 13.5 Å². The first-order valence-electron chi connectivity index (χ1n) is 6.91. The molecule has 24 heavy (non-hydrogen) atoms. The molecule has 2 rings (SSSR count). The molecular formula is C15H15Cl2N3O3S. The Morgan fingerprint density at radius 3 is 2.58 bits per heavy atom. The van der Waals surface area contributed by atoms with E-state index in [1.165, 1.54) is 22.6 Å². The van der Waals surface area contributed by atoms with Crippen molar-refractivity contribution in [1.29, 1.82) is 0 Å². The highest BCUT2D eigenvalue weighted by molar-refractivity contribution is 7.07. The SMILES string of the molecule is Cc1csc(=O)n1CC(=O)N(C)CC(=O)Nc1ccc(Cl)c(Cl)c1. The maximum Gasteiger partial charge on any atom is 0.307 e. The first-order chi connectivity index (χ1) is 11.3. The van der Waals surface area contributed by atoms with Gasteiger partial charge in [-0.3, -0.25) is 19.0 Å². The molecule has 0 saturated heterocycles. The highest BCUT2D eigenvalue weighted by atomic mass is 35.5. The number of thiazole rings is 1. The van der Waals surface area contributed by atoms with Crippen molar-refractivity contribution in [1.82, 2.24) is 9.47 Å². The molecule has 128 valence electrons. The maximum atomic E-state index is 12.2. The zero-order chi connectivity index (χ0) is 17.9. The third-order valence-electron chi connectivity index (χ3n) is 3.28. The van der Waals surface area contributed by atoms with Gasteiger partial charge in [-0.1, -0.05) is 34.5 Å². The van der Waals surface area contributed by atoms with E-state index in [1.807, 2.05) is 0 Å². The van der Waals surface area contributed by atoms with E-state index in [-0.39, 0.29) is 29.8 Å². The van der Waals surface area contributed by atoms with Gasteiger partial charge in [0.25, 0.3) is 0 Å². The number of hydrogen-bond acceptors (Lipinski definition) is 4. The summed E-state index contributed by atoms with van der Waals surface area (Å²) in [5.41, 5.74) is 1.20. The first-order valence-corrected chi connectivity index (χ1v) is 8.55. The number of aromatic nitrogens is 1. The van der Waals surface area contributed by atoms with Crippen LogP contribution >= 0.6 is 34.5 Å². The van der Waals surface area contributed by atoms with Crippen molar-refractivity contribution in [2.24, 2.45) is 0 Å². The van der Waals surface area contributed by atoms with Crippen LogP contribution in [0.25, 0.3) is 0 Å². The molecule has 1 N–H and O–H groups in total. The summed E-state index contributed by atoms with van der Waals surface area (Å²) in [5, 5.41) is 5.03. The fourth-order valence-electron chi connectivity index (χ4n) is 1.93. The van der Waals surface area contributed by atoms with Gasteiger partial charge >= 0.3 is 4.87 Å². The van der Waals surface area contributed by atoms with Crippen molar-refractivity contribution in [3.8, 4) is 0 Å². The molecule has 0 saturated carbocycles. The van der Waals surface area contributed by atoms with Crippen molar-refractivity contribution < 1.29 is 9.59 Å². The number of benzene rings is 1. The van der Waals surface area contributed by atoms with Gasteiger partial charge in [0.05, 0.1) is 16.6 Å². The van der Waals surface area contributed by atoms with E-state index in [9.17, 15) is 14.4 Å². The van der Waals surface area contributed by atoms with Crippen LogP contribution in [0, 0.1) is 6.92 Å². The van der Waals surface area contributed by atoms with Crippen molar-refractivity contribution in [3.63, 3.8) is 0 Å². The molecule has 1 aromatic heterocycles. The normalized spacial score (nSPS) is 10.5. The number of nitrogens with one attached hydrogen (secondary N) is 1. The van der Waals surface area contributed by atoms with Gasteiger partial charge in [0.1, 0.15) is 6.54 Å². The highest BCUT2D eigenvalue weighted by Gasteiger charge is 2.16. The van der Waals surface area contributed by atoms with Gasteiger partial charge in [-0.05, 0) is 25.1 Å². The fraction of sp³-hybridized carbons (Fsp3) is 0.267. The number of carbonyl (C=O) groups is 2. The van der Waals surface area contributed by atoms with Gasteiger partial charge in [-0.15, -0.1) is 0 Å². The van der Waals surface area contributed by atoms with E-state index in [2.05, 4.69) is 5.32 Å². The van der Waals surface area contributed by atoms with Crippen molar-refractivity contribution in [3.05, 3.63) is 49.0 Å². The standard InChI is InChI=1S/C15H15Cl2N3O3S/c1-9-8-24-15(23)20(9)7-14(22)19(2)6-13(21)18-10-3-4-11(16)12(17)5-10/h3-5,8H,6-7H2,1-2H3,(H,18,21). The third kappa shape index (κ3) is 4.59. The molecule has 2 amide bonds. The van der Waals surface area contributed by atoms with E-state index in [4.69, 9.17) is 23.2 Å². The van der Waals surface area contributed by atoms with E-state index in [1.54, 1.807) is 24.4 Å². The zero-order valence-electron chi connectivity index (χ0n) is 13.0. The minimum Gasteiger partial charge on any atom is -0.335 e. The number of aryl methyl sites for hydroxylation is 1. The van der Waals surface area contributed by atoms with Crippen LogP contribution < -0.4 is 10.2 Å². The Labute approximate surface area is 152 Å². The van der Waals surface area contributed by atoms with Gasteiger partial charge in [-0.25, -0.2) is 0 Å². The summed E-state index contributed by atoms with van der Waals surface area (Å²) in [4.78, 5) is 36.9. The molecule has 0 aliphatic rings. The van der Waals surface area contributed by atoms with E-state index in [0.717, 1.165) is 11.3 Å². The zero-order valence-corrected chi connectivity index (χ0v) is 15.3. The minimum atomic E-state index is -0.376. The lowest BCUT2D eigenvalue weighted by Gasteiger charge is -2.17. The van der Waals surface area contributed by atoms with Crippen molar-refractivity contribution in [2.75, 3.05) is 18.9 Å². The molecule has 0 aliphatic heterocycles. The predicted octanol–water partition coefficient (Wildman–Crippen LogP) is 2.62. The Morgan fingerprint density at radius 1 is 1.29 bits per heavy atom. The van der Waals surface area contributed by atoms with Gasteiger partial charge < -0.3 is 10.2 Å². The minimum absolute atomic E-state index is 0.0925.